The minimum absolute atomic E-state index is 0.238. The van der Waals surface area contributed by atoms with Crippen molar-refractivity contribution in [2.75, 3.05) is 19.5 Å². The molecule has 0 aliphatic rings. The number of nitrogens with zero attached hydrogens (tertiary/aromatic N) is 2. The van der Waals surface area contributed by atoms with Gasteiger partial charge in [0, 0.05) is 39.2 Å². The first-order chi connectivity index (χ1) is 19.5. The first-order valence-corrected chi connectivity index (χ1v) is 13.5. The van der Waals surface area contributed by atoms with E-state index in [2.05, 4.69) is 15.3 Å². The lowest BCUT2D eigenvalue weighted by Crippen LogP contribution is -2.12. The highest BCUT2D eigenvalue weighted by Gasteiger charge is 2.15. The Morgan fingerprint density at radius 2 is 1.68 bits per heavy atom. The molecular formula is C31H22ClN3O4S. The fourth-order valence-corrected chi connectivity index (χ4v) is 5.28. The van der Waals surface area contributed by atoms with Gasteiger partial charge in [-0.3, -0.25) is 15.1 Å². The average Bonchev–Trinajstić information content (AvgIpc) is 3.44. The summed E-state index contributed by atoms with van der Waals surface area (Å²) in [6.45, 7) is 0. The summed E-state index contributed by atoms with van der Waals surface area (Å²) in [6.07, 6.45) is 1.68. The molecule has 0 aliphatic carbocycles. The summed E-state index contributed by atoms with van der Waals surface area (Å²) in [6, 6.07) is 24.1. The maximum absolute atomic E-state index is 13.2. The fraction of sp³-hybridized carbons (Fsp3) is 0.0645. The Bertz CT molecular complexity index is 1870. The van der Waals surface area contributed by atoms with Gasteiger partial charge in [-0.2, -0.15) is 0 Å². The van der Waals surface area contributed by atoms with E-state index in [1.165, 1.54) is 11.3 Å². The van der Waals surface area contributed by atoms with Gasteiger partial charge in [0.05, 0.1) is 25.4 Å². The van der Waals surface area contributed by atoms with Crippen molar-refractivity contribution in [3.05, 3.63) is 101 Å². The molecule has 9 heteroatoms. The van der Waals surface area contributed by atoms with Crippen molar-refractivity contribution >= 4 is 55.7 Å². The quantitative estimate of drug-likeness (QED) is 0.209. The predicted octanol–water partition coefficient (Wildman–Crippen LogP) is 8.23. The summed E-state index contributed by atoms with van der Waals surface area (Å²) in [7, 11) is 3.17. The van der Waals surface area contributed by atoms with E-state index >= 15 is 0 Å². The van der Waals surface area contributed by atoms with Crippen molar-refractivity contribution in [3.8, 4) is 34.3 Å². The second kappa shape index (κ2) is 10.8. The van der Waals surface area contributed by atoms with Gasteiger partial charge in [-0.25, -0.2) is 4.98 Å². The van der Waals surface area contributed by atoms with Crippen molar-refractivity contribution < 1.29 is 19.0 Å². The number of fused-ring (bicyclic) bond motifs is 2. The molecular weight excluding hydrogens is 546 g/mol. The third kappa shape index (κ3) is 5.02. The lowest BCUT2D eigenvalue weighted by atomic mass is 10.0. The highest BCUT2D eigenvalue weighted by Crippen LogP contribution is 2.37. The van der Waals surface area contributed by atoms with Gasteiger partial charge < -0.3 is 14.2 Å². The minimum Gasteiger partial charge on any atom is -0.493 e. The number of nitrogens with one attached hydrogen (secondary N) is 1. The van der Waals surface area contributed by atoms with Gasteiger partial charge in [0.25, 0.3) is 5.91 Å². The van der Waals surface area contributed by atoms with E-state index in [-0.39, 0.29) is 5.91 Å². The van der Waals surface area contributed by atoms with Crippen molar-refractivity contribution in [3.63, 3.8) is 0 Å². The van der Waals surface area contributed by atoms with E-state index in [4.69, 9.17) is 25.8 Å². The number of hydrogen-bond donors (Lipinski definition) is 1. The SMILES string of the molecule is COc1cc2nccc(Oc3ccc4c(C(=O)Nc5nc(-c6ccc(Cl)cc6)cs5)cccc4c3)c2cc1OC. The number of hydrogen-bond acceptors (Lipinski definition) is 7. The predicted molar refractivity (Wildman–Crippen MR) is 159 cm³/mol. The van der Waals surface area contributed by atoms with E-state index in [0.717, 1.165) is 32.9 Å². The van der Waals surface area contributed by atoms with Crippen LogP contribution in [-0.2, 0) is 0 Å². The smallest absolute Gasteiger partial charge is 0.258 e. The lowest BCUT2D eigenvalue weighted by Gasteiger charge is -2.13. The topological polar surface area (TPSA) is 82.6 Å². The van der Waals surface area contributed by atoms with E-state index in [9.17, 15) is 4.79 Å². The number of carbonyl (C=O) groups is 1. The first kappa shape index (κ1) is 25.6. The number of carbonyl (C=O) groups excluding carboxylic acids is 1. The van der Waals surface area contributed by atoms with Gasteiger partial charge in [0.15, 0.2) is 16.6 Å². The summed E-state index contributed by atoms with van der Waals surface area (Å²) in [5.74, 6) is 2.19. The molecule has 0 atom stereocenters. The summed E-state index contributed by atoms with van der Waals surface area (Å²) in [5.41, 5.74) is 2.96. The monoisotopic (exact) mass is 567 g/mol. The van der Waals surface area contributed by atoms with Crippen molar-refractivity contribution in [2.45, 2.75) is 0 Å². The number of amides is 1. The summed E-state index contributed by atoms with van der Waals surface area (Å²) in [5, 5.41) is 8.46. The number of thiazole rings is 1. The van der Waals surface area contributed by atoms with Gasteiger partial charge in [0.1, 0.15) is 11.5 Å². The Morgan fingerprint density at radius 3 is 2.48 bits per heavy atom. The summed E-state index contributed by atoms with van der Waals surface area (Å²) >= 11 is 7.36. The fourth-order valence-electron chi connectivity index (χ4n) is 4.44. The molecule has 2 heterocycles. The van der Waals surface area contributed by atoms with Gasteiger partial charge >= 0.3 is 0 Å². The highest BCUT2D eigenvalue weighted by molar-refractivity contribution is 7.14. The van der Waals surface area contributed by atoms with Crippen LogP contribution >= 0.6 is 22.9 Å². The number of aromatic nitrogens is 2. The molecule has 0 saturated carbocycles. The number of anilines is 1. The summed E-state index contributed by atoms with van der Waals surface area (Å²) < 4.78 is 17.1. The molecule has 2 aromatic heterocycles. The van der Waals surface area contributed by atoms with E-state index in [1.807, 2.05) is 72.1 Å². The van der Waals surface area contributed by atoms with E-state index < -0.39 is 0 Å². The number of rotatable bonds is 7. The molecule has 0 saturated heterocycles. The van der Waals surface area contributed by atoms with Crippen LogP contribution in [0.4, 0.5) is 5.13 Å². The number of pyridine rings is 1. The Labute approximate surface area is 238 Å². The van der Waals surface area contributed by atoms with Gasteiger partial charge in [0.2, 0.25) is 0 Å². The second-order valence-corrected chi connectivity index (χ2v) is 10.1. The Kier molecular flexibility index (Phi) is 6.94. The van der Waals surface area contributed by atoms with Gasteiger partial charge in [-0.15, -0.1) is 11.3 Å². The van der Waals surface area contributed by atoms with Gasteiger partial charge in [-0.1, -0.05) is 35.9 Å². The zero-order chi connectivity index (χ0) is 27.6. The largest absolute Gasteiger partial charge is 0.493 e. The molecule has 198 valence electrons. The molecule has 1 N–H and O–H groups in total. The van der Waals surface area contributed by atoms with Crippen LogP contribution < -0.4 is 19.5 Å². The molecule has 7 nitrogen and oxygen atoms in total. The highest BCUT2D eigenvalue weighted by atomic mass is 35.5. The van der Waals surface area contributed by atoms with E-state index in [0.29, 0.717) is 38.7 Å². The van der Waals surface area contributed by atoms with Gasteiger partial charge in [-0.05, 0) is 59.3 Å². The Hall–Kier alpha value is -4.66. The van der Waals surface area contributed by atoms with Crippen LogP contribution in [0, 0.1) is 0 Å². The Balaban J connectivity index is 1.26. The maximum Gasteiger partial charge on any atom is 0.258 e. The lowest BCUT2D eigenvalue weighted by molar-refractivity contribution is 0.102. The molecule has 0 aliphatic heterocycles. The number of halogens is 1. The van der Waals surface area contributed by atoms with Crippen LogP contribution in [0.5, 0.6) is 23.0 Å². The second-order valence-electron chi connectivity index (χ2n) is 8.82. The normalized spacial score (nSPS) is 11.0. The van der Waals surface area contributed by atoms with Crippen LogP contribution in [0.15, 0.2) is 90.4 Å². The molecule has 0 spiro atoms. The van der Waals surface area contributed by atoms with Crippen LogP contribution in [0.2, 0.25) is 5.02 Å². The molecule has 0 fully saturated rings. The molecule has 6 aromatic rings. The molecule has 0 radical (unpaired) electrons. The maximum atomic E-state index is 13.2. The van der Waals surface area contributed by atoms with Crippen LogP contribution in [0.1, 0.15) is 10.4 Å². The molecule has 40 heavy (non-hydrogen) atoms. The van der Waals surface area contributed by atoms with Crippen LogP contribution in [-0.4, -0.2) is 30.1 Å². The zero-order valence-electron chi connectivity index (χ0n) is 21.5. The van der Waals surface area contributed by atoms with Crippen molar-refractivity contribution in [1.29, 1.82) is 0 Å². The number of methoxy groups -OCH3 is 2. The van der Waals surface area contributed by atoms with Crippen molar-refractivity contribution in [2.24, 2.45) is 0 Å². The summed E-state index contributed by atoms with van der Waals surface area (Å²) in [4.78, 5) is 22.2. The van der Waals surface area contributed by atoms with E-state index in [1.54, 1.807) is 32.5 Å². The average molecular weight is 568 g/mol. The standard InChI is InChI=1S/C31H22ClN3O4S/c1-37-28-15-24-25(16-29(28)38-2)33-13-12-27(24)39-21-10-11-22-19(14-21)4-3-5-23(22)30(36)35-31-34-26(17-40-31)18-6-8-20(32)9-7-18/h3-17H,1-2H3,(H,34,35,36). The minimum atomic E-state index is -0.238. The van der Waals surface area contributed by atoms with Crippen LogP contribution in [0.3, 0.4) is 0 Å². The molecule has 0 unspecified atom stereocenters. The molecule has 1 amide bonds. The number of ether oxygens (including phenoxy) is 3. The Morgan fingerprint density at radius 1 is 0.875 bits per heavy atom. The van der Waals surface area contributed by atoms with Crippen LogP contribution in [0.25, 0.3) is 32.9 Å². The molecule has 0 bridgehead atoms. The number of benzene rings is 4. The third-order valence-electron chi connectivity index (χ3n) is 6.40. The zero-order valence-corrected chi connectivity index (χ0v) is 23.0. The first-order valence-electron chi connectivity index (χ1n) is 12.3. The third-order valence-corrected chi connectivity index (χ3v) is 7.41. The van der Waals surface area contributed by atoms with Crippen molar-refractivity contribution in [1.82, 2.24) is 9.97 Å². The molecule has 4 aromatic carbocycles. The molecule has 6 rings (SSSR count).